The molecular weight excluding hydrogens is 228 g/mol. The van der Waals surface area contributed by atoms with Crippen LogP contribution in [0.2, 0.25) is 0 Å². The molecule has 0 aliphatic rings. The van der Waals surface area contributed by atoms with Crippen LogP contribution < -0.4 is 0 Å². The van der Waals surface area contributed by atoms with Gasteiger partial charge in [0.25, 0.3) is 0 Å². The van der Waals surface area contributed by atoms with Crippen LogP contribution in [0.3, 0.4) is 0 Å². The van der Waals surface area contributed by atoms with Crippen molar-refractivity contribution in [1.82, 2.24) is 0 Å². The Morgan fingerprint density at radius 3 is 1.21 bits per heavy atom. The Bertz CT molecular complexity index is 465. The topological polar surface area (TPSA) is 0 Å². The molecule has 0 N–H and O–H groups in total. The maximum Gasteiger partial charge on any atom is -0.0256 e. The Hall–Kier alpha value is -2.08. The Balaban J connectivity index is 0.000000550. The van der Waals surface area contributed by atoms with E-state index >= 15 is 0 Å². The van der Waals surface area contributed by atoms with Crippen LogP contribution in [0, 0.1) is 13.8 Å². The Morgan fingerprint density at radius 2 is 0.947 bits per heavy atom. The molecule has 0 heteroatoms. The third-order valence-electron chi connectivity index (χ3n) is 2.62. The van der Waals surface area contributed by atoms with Crippen LogP contribution in [0.4, 0.5) is 0 Å². The van der Waals surface area contributed by atoms with Gasteiger partial charge in [0.15, 0.2) is 0 Å². The predicted molar refractivity (Wildman–Crippen MR) is 87.2 cm³/mol. The maximum atomic E-state index is 3.36. The van der Waals surface area contributed by atoms with Crippen molar-refractivity contribution in [3.8, 4) is 0 Å². The minimum absolute atomic E-state index is 1.24. The first-order chi connectivity index (χ1) is 9.15. The van der Waals surface area contributed by atoms with E-state index in [1.165, 1.54) is 22.3 Å². The van der Waals surface area contributed by atoms with Gasteiger partial charge in [-0.1, -0.05) is 77.9 Å². The van der Waals surface area contributed by atoms with Gasteiger partial charge in [0, 0.05) is 0 Å². The molecule has 0 saturated carbocycles. The quantitative estimate of drug-likeness (QED) is 0.476. The minimum atomic E-state index is 1.24. The zero-order chi connectivity index (χ0) is 14.1. The molecule has 0 spiro atoms. The van der Waals surface area contributed by atoms with Crippen molar-refractivity contribution in [2.24, 2.45) is 0 Å². The lowest BCUT2D eigenvalue weighted by atomic mass is 10.1. The van der Waals surface area contributed by atoms with Crippen molar-refractivity contribution in [2.75, 3.05) is 0 Å². The van der Waals surface area contributed by atoms with Crippen LogP contribution in [0.25, 0.3) is 12.2 Å². The largest absolute Gasteiger partial charge is 0.103 e. The van der Waals surface area contributed by atoms with Crippen LogP contribution in [0.1, 0.15) is 29.2 Å². The molecule has 0 saturated heterocycles. The van der Waals surface area contributed by atoms with Crippen molar-refractivity contribution >= 4 is 12.2 Å². The first kappa shape index (κ1) is 15.0. The summed E-state index contributed by atoms with van der Waals surface area (Å²) in [5.41, 5.74) is 5.08. The first-order valence-corrected chi connectivity index (χ1v) is 6.54. The lowest BCUT2D eigenvalue weighted by Gasteiger charge is -1.96. The van der Waals surface area contributed by atoms with Crippen molar-refractivity contribution in [3.63, 3.8) is 0 Å². The molecule has 0 nitrogen and oxygen atoms in total. The summed E-state index contributed by atoms with van der Waals surface area (Å²) in [5.74, 6) is 0. The highest BCUT2D eigenvalue weighted by molar-refractivity contribution is 5.69. The monoisotopic (exact) mass is 250 g/mol. The van der Waals surface area contributed by atoms with E-state index in [1.54, 1.807) is 6.08 Å². The van der Waals surface area contributed by atoms with Gasteiger partial charge < -0.3 is 0 Å². The number of hydrogen-bond donors (Lipinski definition) is 0. The molecule has 0 aliphatic carbocycles. The zero-order valence-electron chi connectivity index (χ0n) is 12.1. The summed E-state index contributed by atoms with van der Waals surface area (Å²) in [6.07, 6.45) is 6.04. The molecule has 0 bridgehead atoms. The zero-order valence-corrected chi connectivity index (χ0v) is 12.1. The molecule has 0 unspecified atom stereocenters. The van der Waals surface area contributed by atoms with Gasteiger partial charge in [-0.05, 0) is 31.9 Å². The second kappa shape index (κ2) is 8.10. The van der Waals surface area contributed by atoms with Gasteiger partial charge in [0.05, 0.1) is 0 Å². The van der Waals surface area contributed by atoms with Crippen LogP contribution in [-0.2, 0) is 0 Å². The number of rotatable bonds is 2. The average Bonchev–Trinajstić information content (AvgIpc) is 2.41. The highest BCUT2D eigenvalue weighted by Gasteiger charge is 1.88. The van der Waals surface area contributed by atoms with Gasteiger partial charge in [-0.15, -0.1) is 6.58 Å². The van der Waals surface area contributed by atoms with E-state index in [4.69, 9.17) is 0 Å². The molecule has 2 aromatic rings. The molecule has 0 radical (unpaired) electrons. The minimum Gasteiger partial charge on any atom is -0.103 e. The molecule has 98 valence electrons. The molecule has 19 heavy (non-hydrogen) atoms. The van der Waals surface area contributed by atoms with Gasteiger partial charge in [-0.3, -0.25) is 0 Å². The van der Waals surface area contributed by atoms with Crippen molar-refractivity contribution in [1.29, 1.82) is 0 Å². The highest BCUT2D eigenvalue weighted by atomic mass is 13.9. The fourth-order valence-electron chi connectivity index (χ4n) is 1.55. The molecule has 0 fully saturated rings. The lowest BCUT2D eigenvalue weighted by Crippen LogP contribution is -1.75. The van der Waals surface area contributed by atoms with E-state index in [0.717, 1.165) is 0 Å². The summed E-state index contributed by atoms with van der Waals surface area (Å²) >= 11 is 0. The number of aryl methyl sites for hydroxylation is 2. The Morgan fingerprint density at radius 1 is 0.684 bits per heavy atom. The SMILES string of the molecule is C=CC.Cc1ccc(/C=C/c2ccc(C)cc2)cc1. The van der Waals surface area contributed by atoms with E-state index < -0.39 is 0 Å². The fourth-order valence-corrected chi connectivity index (χ4v) is 1.55. The second-order valence-electron chi connectivity index (χ2n) is 4.56. The molecule has 0 aromatic heterocycles. The van der Waals surface area contributed by atoms with Crippen molar-refractivity contribution in [3.05, 3.63) is 83.4 Å². The normalized spacial score (nSPS) is 9.84. The van der Waals surface area contributed by atoms with Crippen LogP contribution in [0.15, 0.2) is 61.2 Å². The molecular formula is C19H22. The van der Waals surface area contributed by atoms with Crippen molar-refractivity contribution in [2.45, 2.75) is 20.8 Å². The predicted octanol–water partition coefficient (Wildman–Crippen LogP) is 5.67. The number of hydrogen-bond acceptors (Lipinski definition) is 0. The molecule has 2 rings (SSSR count). The third kappa shape index (κ3) is 5.87. The van der Waals surface area contributed by atoms with E-state index in [1.807, 2.05) is 6.92 Å². The van der Waals surface area contributed by atoms with E-state index in [0.29, 0.717) is 0 Å². The molecule has 0 heterocycles. The molecule has 0 atom stereocenters. The number of allylic oxidation sites excluding steroid dienone is 1. The Kier molecular flexibility index (Phi) is 6.38. The van der Waals surface area contributed by atoms with Gasteiger partial charge in [-0.25, -0.2) is 0 Å². The van der Waals surface area contributed by atoms with Gasteiger partial charge in [0.1, 0.15) is 0 Å². The third-order valence-corrected chi connectivity index (χ3v) is 2.62. The van der Waals surface area contributed by atoms with Crippen LogP contribution in [-0.4, -0.2) is 0 Å². The van der Waals surface area contributed by atoms with E-state index in [-0.39, 0.29) is 0 Å². The molecule has 0 aliphatic heterocycles. The van der Waals surface area contributed by atoms with E-state index in [2.05, 4.69) is 81.1 Å². The standard InChI is InChI=1S/C16H16.C3H6/c1-13-3-7-15(8-4-13)11-12-16-9-5-14(2)6-10-16;1-3-2/h3-12H,1-2H3;3H,1H2,2H3/b12-11+;. The van der Waals surface area contributed by atoms with E-state index in [9.17, 15) is 0 Å². The van der Waals surface area contributed by atoms with Crippen molar-refractivity contribution < 1.29 is 0 Å². The number of benzene rings is 2. The fraction of sp³-hybridized carbons (Fsp3) is 0.158. The molecule has 0 amide bonds. The van der Waals surface area contributed by atoms with Crippen LogP contribution >= 0.6 is 0 Å². The van der Waals surface area contributed by atoms with Gasteiger partial charge >= 0.3 is 0 Å². The maximum absolute atomic E-state index is 3.36. The summed E-state index contributed by atoms with van der Waals surface area (Å²) in [4.78, 5) is 0. The highest BCUT2D eigenvalue weighted by Crippen LogP contribution is 2.10. The summed E-state index contributed by atoms with van der Waals surface area (Å²) in [6.45, 7) is 9.46. The molecule has 2 aromatic carbocycles. The Labute approximate surface area is 117 Å². The average molecular weight is 250 g/mol. The first-order valence-electron chi connectivity index (χ1n) is 6.54. The lowest BCUT2D eigenvalue weighted by molar-refractivity contribution is 1.46. The summed E-state index contributed by atoms with van der Waals surface area (Å²) in [6, 6.07) is 17.1. The summed E-state index contributed by atoms with van der Waals surface area (Å²) < 4.78 is 0. The summed E-state index contributed by atoms with van der Waals surface area (Å²) in [7, 11) is 0. The second-order valence-corrected chi connectivity index (χ2v) is 4.56. The van der Waals surface area contributed by atoms with Gasteiger partial charge in [0.2, 0.25) is 0 Å². The smallest absolute Gasteiger partial charge is 0.0256 e. The van der Waals surface area contributed by atoms with Gasteiger partial charge in [-0.2, -0.15) is 0 Å². The summed E-state index contributed by atoms with van der Waals surface area (Å²) in [5, 5.41) is 0. The van der Waals surface area contributed by atoms with Crippen LogP contribution in [0.5, 0.6) is 0 Å².